The zero-order valence-electron chi connectivity index (χ0n) is 19.4. The van der Waals surface area contributed by atoms with Crippen molar-refractivity contribution in [2.24, 2.45) is 5.92 Å². The molecule has 7 heteroatoms. The maximum Gasteiger partial charge on any atom is 0.407 e. The molecule has 3 rings (SSSR count). The number of carbonyl (C=O) groups is 3. The minimum atomic E-state index is -0.846. The van der Waals surface area contributed by atoms with Crippen LogP contribution >= 0.6 is 0 Å². The molecule has 0 unspecified atom stereocenters. The third-order valence-corrected chi connectivity index (χ3v) is 6.06. The molecule has 0 bridgehead atoms. The van der Waals surface area contributed by atoms with Crippen LogP contribution in [0.15, 0.2) is 48.5 Å². The highest BCUT2D eigenvalue weighted by molar-refractivity contribution is 5.86. The van der Waals surface area contributed by atoms with Crippen molar-refractivity contribution in [2.75, 3.05) is 20.2 Å². The maximum absolute atomic E-state index is 12.9. The zero-order chi connectivity index (χ0) is 24.0. The summed E-state index contributed by atoms with van der Waals surface area (Å²) >= 11 is 0. The number of hydrogen-bond donors (Lipinski definition) is 2. The van der Waals surface area contributed by atoms with Crippen LogP contribution in [-0.2, 0) is 14.3 Å². The fraction of sp³-hybridized carbons (Fsp3) is 0.423. The molecule has 7 nitrogen and oxygen atoms in total. The van der Waals surface area contributed by atoms with Crippen molar-refractivity contribution in [3.8, 4) is 11.1 Å². The van der Waals surface area contributed by atoms with E-state index in [0.717, 1.165) is 22.3 Å². The predicted molar refractivity (Wildman–Crippen MR) is 126 cm³/mol. The van der Waals surface area contributed by atoms with Gasteiger partial charge >= 0.3 is 12.1 Å². The van der Waals surface area contributed by atoms with Gasteiger partial charge in [0.15, 0.2) is 0 Å². The van der Waals surface area contributed by atoms with Crippen molar-refractivity contribution in [2.45, 2.75) is 45.1 Å². The predicted octanol–water partition coefficient (Wildman–Crippen LogP) is 4.26. The summed E-state index contributed by atoms with van der Waals surface area (Å²) in [6.45, 7) is 4.35. The molecule has 0 fully saturated rings. The van der Waals surface area contributed by atoms with Gasteiger partial charge in [-0.2, -0.15) is 0 Å². The van der Waals surface area contributed by atoms with Crippen LogP contribution in [0, 0.1) is 5.92 Å². The minimum absolute atomic E-state index is 0.0479. The first kappa shape index (κ1) is 24.3. The van der Waals surface area contributed by atoms with Gasteiger partial charge in [-0.25, -0.2) is 4.79 Å². The molecule has 1 aliphatic carbocycles. The lowest BCUT2D eigenvalue weighted by atomic mass is 9.98. The van der Waals surface area contributed by atoms with Crippen LogP contribution in [0.5, 0.6) is 0 Å². The molecular weight excluding hydrogens is 420 g/mol. The molecule has 33 heavy (non-hydrogen) atoms. The lowest BCUT2D eigenvalue weighted by Crippen LogP contribution is -2.50. The summed E-state index contributed by atoms with van der Waals surface area (Å²) in [6.07, 6.45) is 0.542. The zero-order valence-corrected chi connectivity index (χ0v) is 19.4. The number of benzene rings is 2. The second-order valence-electron chi connectivity index (χ2n) is 8.80. The molecule has 0 heterocycles. The molecule has 0 spiro atoms. The van der Waals surface area contributed by atoms with E-state index in [1.165, 1.54) is 4.90 Å². The Labute approximate surface area is 194 Å². The summed E-state index contributed by atoms with van der Waals surface area (Å²) in [7, 11) is 1.66. The Morgan fingerprint density at radius 2 is 1.58 bits per heavy atom. The smallest absolute Gasteiger partial charge is 0.407 e. The Balaban J connectivity index is 1.58. The minimum Gasteiger partial charge on any atom is -0.481 e. The van der Waals surface area contributed by atoms with Gasteiger partial charge in [-0.1, -0.05) is 62.4 Å². The Morgan fingerprint density at radius 1 is 1.00 bits per heavy atom. The number of rotatable bonds is 10. The molecule has 1 atom stereocenters. The van der Waals surface area contributed by atoms with Gasteiger partial charge in [0.2, 0.25) is 5.91 Å². The van der Waals surface area contributed by atoms with E-state index < -0.39 is 18.1 Å². The molecule has 0 radical (unpaired) electrons. The highest BCUT2D eigenvalue weighted by atomic mass is 16.5. The fourth-order valence-electron chi connectivity index (χ4n) is 4.25. The topological polar surface area (TPSA) is 95.9 Å². The number of amides is 2. The van der Waals surface area contributed by atoms with Gasteiger partial charge < -0.3 is 20.1 Å². The molecule has 0 saturated heterocycles. The number of aliphatic carboxylic acids is 1. The van der Waals surface area contributed by atoms with Crippen LogP contribution in [0.25, 0.3) is 11.1 Å². The monoisotopic (exact) mass is 452 g/mol. The molecule has 2 aromatic rings. The largest absolute Gasteiger partial charge is 0.481 e. The molecule has 0 aliphatic heterocycles. The first-order chi connectivity index (χ1) is 15.8. The van der Waals surface area contributed by atoms with E-state index in [1.807, 2.05) is 38.1 Å². The average molecular weight is 453 g/mol. The van der Waals surface area contributed by atoms with E-state index in [4.69, 9.17) is 9.84 Å². The second kappa shape index (κ2) is 11.0. The number of nitrogens with one attached hydrogen (secondary N) is 1. The maximum atomic E-state index is 12.9. The van der Waals surface area contributed by atoms with Gasteiger partial charge in [0.25, 0.3) is 0 Å². The Kier molecular flexibility index (Phi) is 8.09. The van der Waals surface area contributed by atoms with Crippen LogP contribution < -0.4 is 5.32 Å². The number of hydrogen-bond acceptors (Lipinski definition) is 4. The number of carbonyl (C=O) groups excluding carboxylic acids is 2. The van der Waals surface area contributed by atoms with Gasteiger partial charge in [-0.15, -0.1) is 0 Å². The Morgan fingerprint density at radius 3 is 2.12 bits per heavy atom. The standard InChI is InChI=1S/C26H32N2O5/c1-17(2)24(25(31)28(3)15-9-8-14-23(29)30)27-26(32)33-16-22-20-12-6-4-10-18(20)19-11-5-7-13-21(19)22/h4-7,10-13,17,22,24H,8-9,14-16H2,1-3H3,(H,27,32)(H,29,30)/t24-/m0/s1. The molecule has 2 aromatic carbocycles. The summed E-state index contributed by atoms with van der Waals surface area (Å²) in [5.41, 5.74) is 4.57. The first-order valence-electron chi connectivity index (χ1n) is 11.4. The average Bonchev–Trinajstić information content (AvgIpc) is 3.11. The van der Waals surface area contributed by atoms with Crippen molar-refractivity contribution < 1.29 is 24.2 Å². The number of fused-ring (bicyclic) bond motifs is 3. The van der Waals surface area contributed by atoms with Crippen LogP contribution in [0.1, 0.15) is 50.2 Å². The number of nitrogens with zero attached hydrogens (tertiary/aromatic N) is 1. The number of likely N-dealkylation sites (N-methyl/N-ethyl adjacent to an activating group) is 1. The lowest BCUT2D eigenvalue weighted by molar-refractivity contribution is -0.137. The molecule has 1 aliphatic rings. The van der Waals surface area contributed by atoms with E-state index in [1.54, 1.807) is 7.05 Å². The normalized spacial score (nSPS) is 13.2. The Bertz CT molecular complexity index is 958. The van der Waals surface area contributed by atoms with E-state index in [9.17, 15) is 14.4 Å². The molecule has 0 saturated carbocycles. The highest BCUT2D eigenvalue weighted by Crippen LogP contribution is 2.44. The van der Waals surface area contributed by atoms with Crippen molar-refractivity contribution in [1.29, 1.82) is 0 Å². The van der Waals surface area contributed by atoms with Crippen LogP contribution in [-0.4, -0.2) is 54.2 Å². The summed E-state index contributed by atoms with van der Waals surface area (Å²) < 4.78 is 5.59. The SMILES string of the molecule is CC(C)[C@H](NC(=O)OCC1c2ccccc2-c2ccccc21)C(=O)N(C)CCCCC(=O)O. The molecule has 2 amide bonds. The van der Waals surface area contributed by atoms with Gasteiger partial charge in [-0.05, 0) is 41.0 Å². The summed E-state index contributed by atoms with van der Waals surface area (Å²) in [5.74, 6) is -1.23. The van der Waals surface area contributed by atoms with E-state index in [-0.39, 0.29) is 30.8 Å². The third kappa shape index (κ3) is 5.92. The van der Waals surface area contributed by atoms with Gasteiger partial charge in [0.1, 0.15) is 12.6 Å². The van der Waals surface area contributed by atoms with Crippen LogP contribution in [0.4, 0.5) is 4.79 Å². The molecule has 2 N–H and O–H groups in total. The quantitative estimate of drug-likeness (QED) is 0.525. The lowest BCUT2D eigenvalue weighted by Gasteiger charge is -2.27. The van der Waals surface area contributed by atoms with E-state index in [2.05, 4.69) is 29.6 Å². The van der Waals surface area contributed by atoms with Crippen molar-refractivity contribution in [1.82, 2.24) is 10.2 Å². The fourth-order valence-corrected chi connectivity index (χ4v) is 4.25. The number of alkyl carbamates (subject to hydrolysis) is 1. The second-order valence-corrected chi connectivity index (χ2v) is 8.80. The Hall–Kier alpha value is -3.35. The van der Waals surface area contributed by atoms with E-state index in [0.29, 0.717) is 19.4 Å². The van der Waals surface area contributed by atoms with E-state index >= 15 is 0 Å². The summed E-state index contributed by atoms with van der Waals surface area (Å²) in [4.78, 5) is 37.7. The summed E-state index contributed by atoms with van der Waals surface area (Å²) in [6, 6.07) is 15.5. The number of carboxylic acid groups (broad SMARTS) is 1. The van der Waals surface area contributed by atoms with Crippen LogP contribution in [0.3, 0.4) is 0 Å². The first-order valence-corrected chi connectivity index (χ1v) is 11.4. The molecule has 176 valence electrons. The van der Waals surface area contributed by atoms with Gasteiger partial charge in [0.05, 0.1) is 0 Å². The molecular formula is C26H32N2O5. The highest BCUT2D eigenvalue weighted by Gasteiger charge is 2.31. The van der Waals surface area contributed by atoms with Gasteiger partial charge in [0, 0.05) is 25.9 Å². The third-order valence-electron chi connectivity index (χ3n) is 6.06. The summed E-state index contributed by atoms with van der Waals surface area (Å²) in [5, 5.41) is 11.5. The van der Waals surface area contributed by atoms with Crippen molar-refractivity contribution in [3.63, 3.8) is 0 Å². The van der Waals surface area contributed by atoms with Crippen LogP contribution in [0.2, 0.25) is 0 Å². The number of ether oxygens (including phenoxy) is 1. The number of unbranched alkanes of at least 4 members (excludes halogenated alkanes) is 1. The number of carboxylic acids is 1. The molecule has 0 aromatic heterocycles. The van der Waals surface area contributed by atoms with Gasteiger partial charge in [-0.3, -0.25) is 9.59 Å². The van der Waals surface area contributed by atoms with Crippen molar-refractivity contribution >= 4 is 18.0 Å². The van der Waals surface area contributed by atoms with Crippen molar-refractivity contribution in [3.05, 3.63) is 59.7 Å².